The number of amidine groups is 1. The van der Waals surface area contributed by atoms with Crippen molar-refractivity contribution in [2.24, 2.45) is 4.99 Å². The molecule has 1 atom stereocenters. The third-order valence-corrected chi connectivity index (χ3v) is 5.68. The van der Waals surface area contributed by atoms with E-state index in [9.17, 15) is 22.8 Å². The van der Waals surface area contributed by atoms with Crippen molar-refractivity contribution in [2.75, 3.05) is 19.0 Å². The fraction of sp³-hybridized carbons (Fsp3) is 0.200. The first kappa shape index (κ1) is 22.0. The largest absolute Gasteiger partial charge is 0.465 e. The molecule has 0 bridgehead atoms. The molecule has 3 rings (SSSR count). The van der Waals surface area contributed by atoms with E-state index in [4.69, 9.17) is 4.74 Å². The predicted molar refractivity (Wildman–Crippen MR) is 110 cm³/mol. The van der Waals surface area contributed by atoms with Crippen molar-refractivity contribution in [2.45, 2.75) is 17.9 Å². The molecule has 0 radical (unpaired) electrons. The molecule has 2 aromatic rings. The fourth-order valence-electron chi connectivity index (χ4n) is 2.80. The maximum Gasteiger partial charge on any atom is 0.339 e. The Bertz CT molecular complexity index is 1170. The van der Waals surface area contributed by atoms with Crippen LogP contribution < -0.4 is 10.0 Å². The molecule has 2 N–H and O–H groups in total. The number of fused-ring (bicyclic) bond motifs is 1. The zero-order chi connectivity index (χ0) is 22.6. The van der Waals surface area contributed by atoms with E-state index in [2.05, 4.69) is 19.8 Å². The van der Waals surface area contributed by atoms with E-state index >= 15 is 0 Å². The van der Waals surface area contributed by atoms with Crippen LogP contribution in [0.3, 0.4) is 0 Å². The van der Waals surface area contributed by atoms with Crippen LogP contribution in [0.4, 0.5) is 5.69 Å². The molecule has 1 amide bonds. The van der Waals surface area contributed by atoms with Gasteiger partial charge in [0.2, 0.25) is 0 Å². The number of rotatable bonds is 6. The Morgan fingerprint density at radius 2 is 1.77 bits per heavy atom. The van der Waals surface area contributed by atoms with Gasteiger partial charge < -0.3 is 14.8 Å². The fourth-order valence-corrected chi connectivity index (χ4v) is 4.04. The lowest BCUT2D eigenvalue weighted by Crippen LogP contribution is -2.29. The molecule has 0 saturated carbocycles. The van der Waals surface area contributed by atoms with Crippen molar-refractivity contribution >= 4 is 39.4 Å². The number of nitrogens with zero attached hydrogens (tertiary/aromatic N) is 1. The highest BCUT2D eigenvalue weighted by molar-refractivity contribution is 7.90. The smallest absolute Gasteiger partial charge is 0.339 e. The van der Waals surface area contributed by atoms with E-state index in [0.717, 1.165) is 0 Å². The van der Waals surface area contributed by atoms with Crippen LogP contribution in [0, 0.1) is 0 Å². The van der Waals surface area contributed by atoms with E-state index in [-0.39, 0.29) is 22.0 Å². The van der Waals surface area contributed by atoms with E-state index < -0.39 is 40.5 Å². The Kier molecular flexibility index (Phi) is 6.35. The number of hydrogen-bond acceptors (Lipinski definition) is 8. The first-order valence-electron chi connectivity index (χ1n) is 9.07. The quantitative estimate of drug-likeness (QED) is 0.634. The number of esters is 2. The molecule has 31 heavy (non-hydrogen) atoms. The number of ether oxygens (including phenoxy) is 2. The van der Waals surface area contributed by atoms with Gasteiger partial charge in [-0.3, -0.25) is 14.5 Å². The van der Waals surface area contributed by atoms with Crippen LogP contribution in [0.15, 0.2) is 58.4 Å². The van der Waals surface area contributed by atoms with Crippen molar-refractivity contribution in [1.82, 2.24) is 4.72 Å². The van der Waals surface area contributed by atoms with Gasteiger partial charge in [0, 0.05) is 5.56 Å². The molecular formula is C20H19N3O7S. The van der Waals surface area contributed by atoms with Crippen LogP contribution in [-0.2, 0) is 29.1 Å². The number of hydrogen-bond donors (Lipinski definition) is 2. The Hall–Kier alpha value is -3.73. The Balaban J connectivity index is 1.62. The number of carbonyl (C=O) groups excluding carboxylic acids is 3. The van der Waals surface area contributed by atoms with Crippen molar-refractivity contribution in [3.63, 3.8) is 0 Å². The lowest BCUT2D eigenvalue weighted by Gasteiger charge is -2.11. The average Bonchev–Trinajstić information content (AvgIpc) is 3.01. The Morgan fingerprint density at radius 3 is 2.52 bits per heavy atom. The second kappa shape index (κ2) is 8.96. The Morgan fingerprint density at radius 1 is 1.10 bits per heavy atom. The molecule has 11 heteroatoms. The molecule has 10 nitrogen and oxygen atoms in total. The monoisotopic (exact) mass is 445 g/mol. The third kappa shape index (κ3) is 4.89. The van der Waals surface area contributed by atoms with Crippen LogP contribution in [-0.4, -0.2) is 51.9 Å². The molecule has 1 aliphatic rings. The highest BCUT2D eigenvalue weighted by atomic mass is 32.2. The predicted octanol–water partition coefficient (Wildman–Crippen LogP) is 1.08. The van der Waals surface area contributed by atoms with E-state index in [1.165, 1.54) is 32.2 Å². The van der Waals surface area contributed by atoms with Crippen LogP contribution in [0.2, 0.25) is 0 Å². The SMILES string of the molecule is COC(=O)c1ccccc1NC(=O)COC(=O)[C@H](C)N=C1NS(=O)(=O)c2ccccc21. The normalized spacial score (nSPS) is 16.0. The number of benzene rings is 2. The number of para-hydroxylation sites is 1. The molecule has 0 unspecified atom stereocenters. The number of carbonyl (C=O) groups is 3. The lowest BCUT2D eigenvalue weighted by atomic mass is 10.2. The molecule has 0 aromatic heterocycles. The summed E-state index contributed by atoms with van der Waals surface area (Å²) in [6.45, 7) is 0.793. The maximum atomic E-state index is 12.2. The third-order valence-electron chi connectivity index (χ3n) is 4.28. The zero-order valence-electron chi connectivity index (χ0n) is 16.6. The van der Waals surface area contributed by atoms with Crippen molar-refractivity contribution in [3.8, 4) is 0 Å². The van der Waals surface area contributed by atoms with Gasteiger partial charge >= 0.3 is 11.9 Å². The highest BCUT2D eigenvalue weighted by Crippen LogP contribution is 2.22. The number of sulfonamides is 1. The van der Waals surface area contributed by atoms with Crippen molar-refractivity contribution in [1.29, 1.82) is 0 Å². The molecule has 1 aliphatic heterocycles. The van der Waals surface area contributed by atoms with Gasteiger partial charge in [-0.25, -0.2) is 18.0 Å². The van der Waals surface area contributed by atoms with Gasteiger partial charge in [0.25, 0.3) is 15.9 Å². The lowest BCUT2D eigenvalue weighted by molar-refractivity contribution is -0.148. The van der Waals surface area contributed by atoms with Gasteiger partial charge in [-0.1, -0.05) is 24.3 Å². The number of anilines is 1. The van der Waals surface area contributed by atoms with Crippen LogP contribution in [0.1, 0.15) is 22.8 Å². The molecule has 1 heterocycles. The minimum atomic E-state index is -3.73. The van der Waals surface area contributed by atoms with E-state index in [1.807, 2.05) is 0 Å². The minimum Gasteiger partial charge on any atom is -0.465 e. The molecule has 0 fully saturated rings. The number of amides is 1. The summed E-state index contributed by atoms with van der Waals surface area (Å²) in [6, 6.07) is 11.4. The molecule has 162 valence electrons. The second-order valence-corrected chi connectivity index (χ2v) is 8.10. The van der Waals surface area contributed by atoms with Gasteiger partial charge in [-0.2, -0.15) is 0 Å². The standard InChI is InChI=1S/C20H19N3O7S/c1-12(21-18-14-8-4-6-10-16(14)31(27,28)23-18)19(25)30-11-17(24)22-15-9-5-3-7-13(15)20(26)29-2/h3-10,12H,11H2,1-2H3,(H,21,23)(H,22,24)/t12-/m0/s1. The topological polar surface area (TPSA) is 140 Å². The first-order valence-corrected chi connectivity index (χ1v) is 10.5. The van der Waals surface area contributed by atoms with Crippen LogP contribution in [0.25, 0.3) is 0 Å². The second-order valence-electron chi connectivity index (χ2n) is 6.45. The average molecular weight is 445 g/mol. The molecule has 0 aliphatic carbocycles. The van der Waals surface area contributed by atoms with Gasteiger partial charge in [0.05, 0.1) is 23.3 Å². The van der Waals surface area contributed by atoms with Crippen molar-refractivity contribution in [3.05, 3.63) is 59.7 Å². The summed E-state index contributed by atoms with van der Waals surface area (Å²) in [4.78, 5) is 40.2. The number of aliphatic imine (C=N–C) groups is 1. The number of methoxy groups -OCH3 is 1. The summed E-state index contributed by atoms with van der Waals surface area (Å²) in [6.07, 6.45) is 0. The van der Waals surface area contributed by atoms with Gasteiger partial charge in [-0.05, 0) is 31.2 Å². The van der Waals surface area contributed by atoms with Gasteiger partial charge in [0.15, 0.2) is 6.61 Å². The summed E-state index contributed by atoms with van der Waals surface area (Å²) < 4.78 is 36.1. The summed E-state index contributed by atoms with van der Waals surface area (Å²) in [5.74, 6) is -2.10. The zero-order valence-corrected chi connectivity index (χ0v) is 17.4. The van der Waals surface area contributed by atoms with E-state index in [1.54, 1.807) is 30.3 Å². The Labute approximate surface area is 178 Å². The first-order chi connectivity index (χ1) is 14.7. The summed E-state index contributed by atoms with van der Waals surface area (Å²) in [5, 5.41) is 2.47. The summed E-state index contributed by atoms with van der Waals surface area (Å²) in [5.41, 5.74) is 0.705. The summed E-state index contributed by atoms with van der Waals surface area (Å²) in [7, 11) is -2.52. The summed E-state index contributed by atoms with van der Waals surface area (Å²) >= 11 is 0. The molecular weight excluding hydrogens is 426 g/mol. The molecule has 2 aromatic carbocycles. The van der Waals surface area contributed by atoms with Gasteiger partial charge in [0.1, 0.15) is 11.9 Å². The van der Waals surface area contributed by atoms with Gasteiger partial charge in [-0.15, -0.1) is 0 Å². The molecule has 0 saturated heterocycles. The van der Waals surface area contributed by atoms with Crippen LogP contribution in [0.5, 0.6) is 0 Å². The van der Waals surface area contributed by atoms with Crippen molar-refractivity contribution < 1.29 is 32.3 Å². The highest BCUT2D eigenvalue weighted by Gasteiger charge is 2.31. The van der Waals surface area contributed by atoms with Crippen LogP contribution >= 0.6 is 0 Å². The number of nitrogens with one attached hydrogen (secondary N) is 2. The minimum absolute atomic E-state index is 0.0245. The van der Waals surface area contributed by atoms with E-state index in [0.29, 0.717) is 5.56 Å². The maximum absolute atomic E-state index is 12.2. The molecule has 0 spiro atoms.